The van der Waals surface area contributed by atoms with Gasteiger partial charge in [0.15, 0.2) is 5.11 Å². The first-order valence-electron chi connectivity index (χ1n) is 7.28. The lowest BCUT2D eigenvalue weighted by atomic mass is 9.64. The molecule has 17 heavy (non-hydrogen) atoms. The summed E-state index contributed by atoms with van der Waals surface area (Å²) in [5.41, 5.74) is 0.368. The molecule has 1 aliphatic heterocycles. The van der Waals surface area contributed by atoms with E-state index in [4.69, 9.17) is 12.2 Å². The van der Waals surface area contributed by atoms with E-state index in [0.717, 1.165) is 17.1 Å². The molecule has 3 aliphatic rings. The number of hydrogen-bond acceptors (Lipinski definition) is 1. The third-order valence-corrected chi connectivity index (χ3v) is 5.75. The molecule has 96 valence electrons. The summed E-state index contributed by atoms with van der Waals surface area (Å²) in [5.74, 6) is 0.841. The molecule has 0 aromatic carbocycles. The number of thiocarbonyl (C=S) groups is 1. The van der Waals surface area contributed by atoms with Gasteiger partial charge in [-0.3, -0.25) is 0 Å². The molecule has 1 spiro atoms. The summed E-state index contributed by atoms with van der Waals surface area (Å²) in [6.45, 7) is 0. The molecular weight excluding hydrogens is 228 g/mol. The van der Waals surface area contributed by atoms with Crippen LogP contribution in [-0.4, -0.2) is 28.6 Å². The lowest BCUT2D eigenvalue weighted by molar-refractivity contribution is 0.0429. The predicted octanol–water partition coefficient (Wildman–Crippen LogP) is 3.07. The van der Waals surface area contributed by atoms with E-state index < -0.39 is 0 Å². The van der Waals surface area contributed by atoms with Crippen molar-refractivity contribution in [3.8, 4) is 0 Å². The van der Waals surface area contributed by atoms with Crippen LogP contribution in [0.1, 0.15) is 57.8 Å². The maximum atomic E-state index is 5.57. The monoisotopic (exact) mass is 252 g/mol. The molecule has 3 heteroatoms. The first kappa shape index (κ1) is 11.8. The second kappa shape index (κ2) is 4.42. The van der Waals surface area contributed by atoms with E-state index in [9.17, 15) is 0 Å². The van der Waals surface area contributed by atoms with E-state index >= 15 is 0 Å². The summed E-state index contributed by atoms with van der Waals surface area (Å²) in [6.07, 6.45) is 12.5. The van der Waals surface area contributed by atoms with Crippen molar-refractivity contribution in [1.82, 2.24) is 10.2 Å². The van der Waals surface area contributed by atoms with Gasteiger partial charge >= 0.3 is 0 Å². The third kappa shape index (κ3) is 1.87. The van der Waals surface area contributed by atoms with Gasteiger partial charge in [-0.05, 0) is 37.9 Å². The van der Waals surface area contributed by atoms with Crippen LogP contribution in [0.15, 0.2) is 0 Å². The van der Waals surface area contributed by atoms with Crippen LogP contribution in [0.5, 0.6) is 0 Å². The van der Waals surface area contributed by atoms with Crippen molar-refractivity contribution < 1.29 is 0 Å². The minimum atomic E-state index is 0.368. The molecule has 0 radical (unpaired) electrons. The summed E-state index contributed by atoms with van der Waals surface area (Å²) in [5, 5.41) is 4.75. The highest BCUT2D eigenvalue weighted by Crippen LogP contribution is 2.45. The zero-order valence-electron chi connectivity index (χ0n) is 10.9. The van der Waals surface area contributed by atoms with E-state index in [2.05, 4.69) is 17.3 Å². The zero-order valence-corrected chi connectivity index (χ0v) is 11.7. The molecule has 0 aromatic rings. The van der Waals surface area contributed by atoms with E-state index in [1.807, 2.05) is 0 Å². The van der Waals surface area contributed by atoms with Gasteiger partial charge in [0.1, 0.15) is 0 Å². The van der Waals surface area contributed by atoms with Crippen LogP contribution < -0.4 is 5.32 Å². The van der Waals surface area contributed by atoms with Crippen molar-refractivity contribution in [3.05, 3.63) is 0 Å². The standard InChI is InChI=1S/C14H24N2S/c1-16-12-8-4-3-7-11(12)14(15-13(16)17)9-5-2-6-10-14/h11-12H,2-10H2,1H3,(H,15,17)/t11-,12-/m0/s1. The Labute approximate surface area is 110 Å². The molecule has 1 saturated heterocycles. The Morgan fingerprint density at radius 3 is 2.59 bits per heavy atom. The summed E-state index contributed by atoms with van der Waals surface area (Å²) < 4.78 is 0. The number of nitrogens with one attached hydrogen (secondary N) is 1. The number of nitrogens with zero attached hydrogens (tertiary/aromatic N) is 1. The van der Waals surface area contributed by atoms with Crippen LogP contribution in [0.3, 0.4) is 0 Å². The highest BCUT2D eigenvalue weighted by Gasteiger charge is 2.49. The van der Waals surface area contributed by atoms with Gasteiger partial charge in [0.05, 0.1) is 0 Å². The van der Waals surface area contributed by atoms with Crippen molar-refractivity contribution in [2.24, 2.45) is 5.92 Å². The van der Waals surface area contributed by atoms with Crippen LogP contribution >= 0.6 is 12.2 Å². The zero-order chi connectivity index (χ0) is 11.9. The third-order valence-electron chi connectivity index (χ3n) is 5.36. The summed E-state index contributed by atoms with van der Waals surface area (Å²) in [7, 11) is 2.19. The Morgan fingerprint density at radius 2 is 1.82 bits per heavy atom. The van der Waals surface area contributed by atoms with Crippen molar-refractivity contribution in [2.75, 3.05) is 7.05 Å². The smallest absolute Gasteiger partial charge is 0.169 e. The van der Waals surface area contributed by atoms with E-state index in [1.54, 1.807) is 0 Å². The Bertz CT molecular complexity index is 309. The summed E-state index contributed by atoms with van der Waals surface area (Å²) in [6, 6.07) is 0.718. The van der Waals surface area contributed by atoms with Gasteiger partial charge in [0, 0.05) is 24.5 Å². The molecule has 2 atom stereocenters. The number of hydrogen-bond donors (Lipinski definition) is 1. The van der Waals surface area contributed by atoms with Crippen LogP contribution in [0.2, 0.25) is 0 Å². The van der Waals surface area contributed by atoms with Gasteiger partial charge in [0.2, 0.25) is 0 Å². The molecule has 3 fully saturated rings. The molecule has 2 nitrogen and oxygen atoms in total. The average molecular weight is 252 g/mol. The van der Waals surface area contributed by atoms with Gasteiger partial charge in [-0.15, -0.1) is 0 Å². The molecule has 1 heterocycles. The topological polar surface area (TPSA) is 15.3 Å². The van der Waals surface area contributed by atoms with Gasteiger partial charge < -0.3 is 10.2 Å². The molecule has 2 aliphatic carbocycles. The summed E-state index contributed by atoms with van der Waals surface area (Å²) in [4.78, 5) is 2.35. The predicted molar refractivity (Wildman–Crippen MR) is 75.1 cm³/mol. The minimum absolute atomic E-state index is 0.368. The first-order valence-corrected chi connectivity index (χ1v) is 7.69. The quantitative estimate of drug-likeness (QED) is 0.667. The highest BCUT2D eigenvalue weighted by molar-refractivity contribution is 7.80. The minimum Gasteiger partial charge on any atom is -0.357 e. The van der Waals surface area contributed by atoms with E-state index in [-0.39, 0.29) is 0 Å². The first-order chi connectivity index (χ1) is 8.23. The van der Waals surface area contributed by atoms with Crippen LogP contribution in [0.4, 0.5) is 0 Å². The molecule has 0 aromatic heterocycles. The summed E-state index contributed by atoms with van der Waals surface area (Å²) >= 11 is 5.57. The Morgan fingerprint density at radius 1 is 1.12 bits per heavy atom. The molecule has 0 unspecified atom stereocenters. The van der Waals surface area contributed by atoms with Crippen molar-refractivity contribution >= 4 is 17.3 Å². The normalized spacial score (nSPS) is 36.5. The van der Waals surface area contributed by atoms with Crippen LogP contribution in [0, 0.1) is 5.92 Å². The fourth-order valence-electron chi connectivity index (χ4n) is 4.44. The maximum absolute atomic E-state index is 5.57. The fraction of sp³-hybridized carbons (Fsp3) is 0.929. The molecule has 2 saturated carbocycles. The van der Waals surface area contributed by atoms with Gasteiger partial charge in [-0.2, -0.15) is 0 Å². The van der Waals surface area contributed by atoms with Crippen LogP contribution in [-0.2, 0) is 0 Å². The van der Waals surface area contributed by atoms with Crippen molar-refractivity contribution in [2.45, 2.75) is 69.4 Å². The van der Waals surface area contributed by atoms with Gasteiger partial charge in [-0.25, -0.2) is 0 Å². The van der Waals surface area contributed by atoms with Crippen molar-refractivity contribution in [1.29, 1.82) is 0 Å². The largest absolute Gasteiger partial charge is 0.357 e. The van der Waals surface area contributed by atoms with Crippen molar-refractivity contribution in [3.63, 3.8) is 0 Å². The Kier molecular flexibility index (Phi) is 3.06. The maximum Gasteiger partial charge on any atom is 0.169 e. The van der Waals surface area contributed by atoms with E-state index in [0.29, 0.717) is 5.54 Å². The lowest BCUT2D eigenvalue weighted by Gasteiger charge is -2.56. The second-order valence-electron chi connectivity index (χ2n) is 6.22. The van der Waals surface area contributed by atoms with Gasteiger partial charge in [0.25, 0.3) is 0 Å². The SMILES string of the molecule is CN1C(=S)NC2(CCCCC2)[C@H]2CCCC[C@@H]21. The number of rotatable bonds is 0. The molecule has 0 amide bonds. The molecule has 3 rings (SSSR count). The highest BCUT2D eigenvalue weighted by atomic mass is 32.1. The van der Waals surface area contributed by atoms with Crippen LogP contribution in [0.25, 0.3) is 0 Å². The Balaban J connectivity index is 1.89. The fourth-order valence-corrected chi connectivity index (χ4v) is 4.78. The van der Waals surface area contributed by atoms with E-state index in [1.165, 1.54) is 57.8 Å². The lowest BCUT2D eigenvalue weighted by Crippen LogP contribution is -2.69. The average Bonchev–Trinajstić information content (AvgIpc) is 2.38. The second-order valence-corrected chi connectivity index (χ2v) is 6.60. The molecule has 1 N–H and O–H groups in total. The molecule has 0 bridgehead atoms. The van der Waals surface area contributed by atoms with Gasteiger partial charge in [-0.1, -0.05) is 32.1 Å². The Hall–Kier alpha value is -0.310. The number of fused-ring (bicyclic) bond motifs is 2. The molecular formula is C14H24N2S.